The van der Waals surface area contributed by atoms with Crippen LogP contribution >= 0.6 is 12.2 Å². The molecule has 7 heteroatoms. The third kappa shape index (κ3) is 3.14. The van der Waals surface area contributed by atoms with Crippen LogP contribution in [0.2, 0.25) is 0 Å². The molecule has 0 aliphatic carbocycles. The average Bonchev–Trinajstić information content (AvgIpc) is 2.84. The van der Waals surface area contributed by atoms with E-state index in [0.29, 0.717) is 5.58 Å². The van der Waals surface area contributed by atoms with Gasteiger partial charge in [0, 0.05) is 13.0 Å². The van der Waals surface area contributed by atoms with Crippen molar-refractivity contribution in [1.29, 1.82) is 0 Å². The second-order valence-electron chi connectivity index (χ2n) is 4.88. The summed E-state index contributed by atoms with van der Waals surface area (Å²) in [7, 11) is 0. The van der Waals surface area contributed by atoms with Crippen LogP contribution in [-0.4, -0.2) is 10.5 Å². The fourth-order valence-electron chi connectivity index (χ4n) is 2.26. The number of hydrogen-bond acceptors (Lipinski definition) is 3. The fraction of sp³-hybridized carbons (Fsp3) is 0.125. The lowest BCUT2D eigenvalue weighted by atomic mass is 10.2. The maximum absolute atomic E-state index is 13.5. The first-order chi connectivity index (χ1) is 11.1. The van der Waals surface area contributed by atoms with Gasteiger partial charge in [-0.15, -0.1) is 0 Å². The van der Waals surface area contributed by atoms with E-state index in [1.807, 2.05) is 18.2 Å². The molecule has 3 rings (SSSR count). The highest BCUT2D eigenvalue weighted by Gasteiger charge is 2.13. The standard InChI is InChI=1S/C16H12F2N2O2S/c17-10-4-3-5-11(18)15(10)19-14(21)8-9-20-12-6-1-2-7-13(12)22-16(20)23/h1-7H,8-9H2,(H,19,21). The van der Waals surface area contributed by atoms with Crippen molar-refractivity contribution in [3.8, 4) is 0 Å². The van der Waals surface area contributed by atoms with Gasteiger partial charge in [0.15, 0.2) is 5.58 Å². The normalized spacial score (nSPS) is 10.9. The van der Waals surface area contributed by atoms with Crippen molar-refractivity contribution >= 4 is 34.9 Å². The summed E-state index contributed by atoms with van der Waals surface area (Å²) in [6.07, 6.45) is 0.00556. The summed E-state index contributed by atoms with van der Waals surface area (Å²) >= 11 is 5.12. The van der Waals surface area contributed by atoms with Crippen LogP contribution in [0, 0.1) is 16.5 Å². The second kappa shape index (κ2) is 6.29. The largest absolute Gasteiger partial charge is 0.429 e. The molecule has 1 amide bonds. The molecule has 0 radical (unpaired) electrons. The number of halogens is 2. The minimum absolute atomic E-state index is 0.00556. The van der Waals surface area contributed by atoms with Gasteiger partial charge >= 0.3 is 0 Å². The first kappa shape index (κ1) is 15.4. The summed E-state index contributed by atoms with van der Waals surface area (Å²) in [6.45, 7) is 0.248. The molecule has 3 aromatic rings. The van der Waals surface area contributed by atoms with Crippen molar-refractivity contribution < 1.29 is 18.0 Å². The highest BCUT2D eigenvalue weighted by Crippen LogP contribution is 2.19. The number of carbonyl (C=O) groups excluding carboxylic acids is 1. The van der Waals surface area contributed by atoms with Crippen LogP contribution < -0.4 is 5.32 Å². The quantitative estimate of drug-likeness (QED) is 0.725. The van der Waals surface area contributed by atoms with Crippen LogP contribution in [0.15, 0.2) is 46.9 Å². The Morgan fingerprint density at radius 3 is 2.57 bits per heavy atom. The fourth-order valence-corrected chi connectivity index (χ4v) is 2.54. The van der Waals surface area contributed by atoms with Gasteiger partial charge < -0.3 is 9.73 Å². The van der Waals surface area contributed by atoms with E-state index in [9.17, 15) is 13.6 Å². The molecule has 118 valence electrons. The molecule has 4 nitrogen and oxygen atoms in total. The highest BCUT2D eigenvalue weighted by atomic mass is 32.1. The number of carbonyl (C=O) groups is 1. The van der Waals surface area contributed by atoms with E-state index >= 15 is 0 Å². The Balaban J connectivity index is 1.74. The molecule has 2 aromatic carbocycles. The van der Waals surface area contributed by atoms with Gasteiger partial charge in [-0.3, -0.25) is 9.36 Å². The Kier molecular flexibility index (Phi) is 4.20. The Labute approximate surface area is 135 Å². The van der Waals surface area contributed by atoms with Gasteiger partial charge in [-0.1, -0.05) is 18.2 Å². The maximum Gasteiger partial charge on any atom is 0.269 e. The minimum atomic E-state index is -0.816. The number of rotatable bonds is 4. The van der Waals surface area contributed by atoms with Crippen molar-refractivity contribution in [2.45, 2.75) is 13.0 Å². The van der Waals surface area contributed by atoms with Crippen LogP contribution in [-0.2, 0) is 11.3 Å². The number of hydrogen-bond donors (Lipinski definition) is 1. The number of aromatic nitrogens is 1. The molecule has 0 spiro atoms. The van der Waals surface area contributed by atoms with E-state index < -0.39 is 23.2 Å². The monoisotopic (exact) mass is 334 g/mol. The molecule has 23 heavy (non-hydrogen) atoms. The first-order valence-electron chi connectivity index (χ1n) is 6.88. The van der Waals surface area contributed by atoms with Crippen molar-refractivity contribution in [3.05, 3.63) is 58.9 Å². The van der Waals surface area contributed by atoms with E-state index in [2.05, 4.69) is 5.32 Å². The minimum Gasteiger partial charge on any atom is -0.429 e. The van der Waals surface area contributed by atoms with Crippen LogP contribution in [0.4, 0.5) is 14.5 Å². The first-order valence-corrected chi connectivity index (χ1v) is 7.29. The molecule has 1 heterocycles. The number of benzene rings is 2. The predicted molar refractivity (Wildman–Crippen MR) is 84.6 cm³/mol. The Bertz CT molecular complexity index is 913. The van der Waals surface area contributed by atoms with Crippen LogP contribution in [0.3, 0.4) is 0 Å². The summed E-state index contributed by atoms with van der Waals surface area (Å²) in [5, 5.41) is 2.24. The van der Waals surface area contributed by atoms with E-state index in [0.717, 1.165) is 17.6 Å². The molecule has 1 aromatic heterocycles. The second-order valence-corrected chi connectivity index (χ2v) is 5.23. The van der Waals surface area contributed by atoms with Crippen LogP contribution in [0.5, 0.6) is 0 Å². The number of nitrogens with zero attached hydrogens (tertiary/aromatic N) is 1. The molecule has 0 aliphatic rings. The van der Waals surface area contributed by atoms with Crippen molar-refractivity contribution in [2.75, 3.05) is 5.32 Å². The zero-order chi connectivity index (χ0) is 16.4. The Morgan fingerprint density at radius 1 is 1.13 bits per heavy atom. The molecular formula is C16H12F2N2O2S. The third-order valence-electron chi connectivity index (χ3n) is 3.36. The topological polar surface area (TPSA) is 47.2 Å². The number of oxazole rings is 1. The smallest absolute Gasteiger partial charge is 0.269 e. The molecule has 0 unspecified atom stereocenters. The zero-order valence-corrected chi connectivity index (χ0v) is 12.7. The number of nitrogens with one attached hydrogen (secondary N) is 1. The molecule has 0 saturated carbocycles. The van der Waals surface area contributed by atoms with Gasteiger partial charge in [0.2, 0.25) is 5.91 Å². The molecular weight excluding hydrogens is 322 g/mol. The summed E-state index contributed by atoms with van der Waals surface area (Å²) in [4.78, 5) is 12.2. The zero-order valence-electron chi connectivity index (χ0n) is 11.9. The number of fused-ring (bicyclic) bond motifs is 1. The summed E-state index contributed by atoms with van der Waals surface area (Å²) in [5.41, 5.74) is 0.943. The van der Waals surface area contributed by atoms with Gasteiger partial charge in [-0.05, 0) is 36.5 Å². The van der Waals surface area contributed by atoms with Crippen molar-refractivity contribution in [1.82, 2.24) is 4.57 Å². The Hall–Kier alpha value is -2.54. The molecule has 0 bridgehead atoms. The number of amides is 1. The molecule has 0 atom stereocenters. The van der Waals surface area contributed by atoms with E-state index in [4.69, 9.17) is 16.6 Å². The van der Waals surface area contributed by atoms with Gasteiger partial charge in [-0.25, -0.2) is 8.78 Å². The lowest BCUT2D eigenvalue weighted by Gasteiger charge is -2.08. The van der Waals surface area contributed by atoms with E-state index in [1.165, 1.54) is 6.07 Å². The lowest BCUT2D eigenvalue weighted by molar-refractivity contribution is -0.116. The number of aryl methyl sites for hydroxylation is 1. The van der Waals surface area contributed by atoms with E-state index in [-0.39, 0.29) is 17.8 Å². The number of anilines is 1. The van der Waals surface area contributed by atoms with Crippen molar-refractivity contribution in [3.63, 3.8) is 0 Å². The lowest BCUT2D eigenvalue weighted by Crippen LogP contribution is -2.16. The molecule has 0 fully saturated rings. The molecule has 1 N–H and O–H groups in total. The van der Waals surface area contributed by atoms with E-state index in [1.54, 1.807) is 10.6 Å². The van der Waals surface area contributed by atoms with Gasteiger partial charge in [0.05, 0.1) is 5.52 Å². The third-order valence-corrected chi connectivity index (χ3v) is 3.67. The van der Waals surface area contributed by atoms with Crippen LogP contribution in [0.1, 0.15) is 6.42 Å². The SMILES string of the molecule is O=C(CCn1c(=S)oc2ccccc21)Nc1c(F)cccc1F. The summed E-state index contributed by atoms with van der Waals surface area (Å²) in [6, 6.07) is 10.6. The summed E-state index contributed by atoms with van der Waals surface area (Å²) in [5.74, 6) is -2.14. The maximum atomic E-state index is 13.5. The molecule has 0 aliphatic heterocycles. The number of para-hydroxylation sites is 3. The van der Waals surface area contributed by atoms with Gasteiger partial charge in [0.1, 0.15) is 17.3 Å². The van der Waals surface area contributed by atoms with Crippen molar-refractivity contribution in [2.24, 2.45) is 0 Å². The van der Waals surface area contributed by atoms with Gasteiger partial charge in [0.25, 0.3) is 4.84 Å². The van der Waals surface area contributed by atoms with Gasteiger partial charge in [-0.2, -0.15) is 0 Å². The summed E-state index contributed by atoms with van der Waals surface area (Å²) < 4.78 is 34.1. The molecule has 0 saturated heterocycles. The van der Waals surface area contributed by atoms with Crippen LogP contribution in [0.25, 0.3) is 11.1 Å². The average molecular weight is 334 g/mol. The Morgan fingerprint density at radius 2 is 1.83 bits per heavy atom. The highest BCUT2D eigenvalue weighted by molar-refractivity contribution is 7.71. The predicted octanol–water partition coefficient (Wildman–Crippen LogP) is 4.27.